The zero-order chi connectivity index (χ0) is 27.5. The van der Waals surface area contributed by atoms with Gasteiger partial charge in [-0.05, 0) is 54.1 Å². The van der Waals surface area contributed by atoms with Crippen LogP contribution in [0.4, 0.5) is 20.6 Å². The maximum Gasteiger partial charge on any atom is 0.326 e. The van der Waals surface area contributed by atoms with Gasteiger partial charge >= 0.3 is 6.03 Å². The Hall–Kier alpha value is -4.80. The van der Waals surface area contributed by atoms with E-state index in [9.17, 15) is 19.1 Å². The third-order valence-electron chi connectivity index (χ3n) is 7.29. The number of fused-ring (bicyclic) bond motifs is 3. The van der Waals surface area contributed by atoms with Gasteiger partial charge in [-0.25, -0.2) is 18.7 Å². The molecule has 40 heavy (non-hydrogen) atoms. The van der Waals surface area contributed by atoms with E-state index in [0.29, 0.717) is 44.8 Å². The standard InChI is InChI=1S/C29H20ClFN6O3/c30-21-7-6-17(31)11-19(21)27-26-20(28(39)35-27)9-16(15-5-8-25-32-14-33-37(25)12-15)10-22(26)34-29(40)36-13-24(38)18-3-1-2-4-23(18)36/h1-12,14,24,27,38H,13H2,(H,34,40)(H,35,39)/t24-,27+/m0/s1. The molecule has 2 aliphatic rings. The molecule has 0 saturated heterocycles. The summed E-state index contributed by atoms with van der Waals surface area (Å²) >= 11 is 6.44. The van der Waals surface area contributed by atoms with Crippen molar-refractivity contribution in [3.05, 3.63) is 112 Å². The molecule has 5 aromatic rings. The van der Waals surface area contributed by atoms with Crippen LogP contribution in [0.2, 0.25) is 5.02 Å². The third kappa shape index (κ3) is 3.88. The zero-order valence-electron chi connectivity index (χ0n) is 20.7. The van der Waals surface area contributed by atoms with Gasteiger partial charge in [0.15, 0.2) is 5.65 Å². The summed E-state index contributed by atoms with van der Waals surface area (Å²) in [5.74, 6) is -0.894. The van der Waals surface area contributed by atoms with Crippen LogP contribution in [0.1, 0.15) is 39.2 Å². The molecule has 2 atom stereocenters. The SMILES string of the molecule is O=C1N[C@H](c2cc(F)ccc2Cl)c2c(NC(=O)N3C[C@H](O)c4ccccc43)cc(-c3ccc4ncnn4c3)cc21. The van der Waals surface area contributed by atoms with E-state index in [1.807, 2.05) is 6.07 Å². The molecule has 11 heteroatoms. The van der Waals surface area contributed by atoms with E-state index in [4.69, 9.17) is 11.6 Å². The van der Waals surface area contributed by atoms with Crippen LogP contribution in [0.5, 0.6) is 0 Å². The first-order valence-corrected chi connectivity index (χ1v) is 12.8. The van der Waals surface area contributed by atoms with Gasteiger partial charge in [0.2, 0.25) is 0 Å². The maximum absolute atomic E-state index is 14.3. The molecule has 0 radical (unpaired) electrons. The van der Waals surface area contributed by atoms with E-state index in [-0.39, 0.29) is 17.5 Å². The van der Waals surface area contributed by atoms with Crippen molar-refractivity contribution in [1.82, 2.24) is 19.9 Å². The Kier molecular flexibility index (Phi) is 5.55. The highest BCUT2D eigenvalue weighted by Gasteiger charge is 2.36. The Morgan fingerprint density at radius 2 is 1.93 bits per heavy atom. The van der Waals surface area contributed by atoms with Gasteiger partial charge in [0.05, 0.1) is 24.4 Å². The lowest BCUT2D eigenvalue weighted by Crippen LogP contribution is -2.34. The van der Waals surface area contributed by atoms with E-state index in [1.165, 1.54) is 29.4 Å². The molecule has 3 N–H and O–H groups in total. The molecule has 0 spiro atoms. The van der Waals surface area contributed by atoms with Crippen LogP contribution in [0.15, 0.2) is 79.3 Å². The van der Waals surface area contributed by atoms with Crippen LogP contribution < -0.4 is 15.5 Å². The molecule has 2 aromatic heterocycles. The molecule has 0 saturated carbocycles. The van der Waals surface area contributed by atoms with Crippen molar-refractivity contribution in [2.45, 2.75) is 12.1 Å². The normalized spacial score (nSPS) is 17.6. The number of hydrogen-bond donors (Lipinski definition) is 3. The first-order chi connectivity index (χ1) is 19.4. The second kappa shape index (κ2) is 9.15. The van der Waals surface area contributed by atoms with Crippen LogP contribution >= 0.6 is 11.6 Å². The van der Waals surface area contributed by atoms with Gasteiger partial charge in [-0.1, -0.05) is 29.8 Å². The highest BCUT2D eigenvalue weighted by Crippen LogP contribution is 2.42. The molecule has 9 nitrogen and oxygen atoms in total. The lowest BCUT2D eigenvalue weighted by Gasteiger charge is -2.22. The predicted octanol–water partition coefficient (Wildman–Crippen LogP) is 5.11. The number of benzene rings is 3. The van der Waals surface area contributed by atoms with Crippen LogP contribution in [0.25, 0.3) is 16.8 Å². The van der Waals surface area contributed by atoms with Crippen LogP contribution in [-0.4, -0.2) is 38.2 Å². The molecular formula is C29H20ClFN6O3. The summed E-state index contributed by atoms with van der Waals surface area (Å²) in [5, 5.41) is 20.8. The van der Waals surface area contributed by atoms with Crippen LogP contribution in [0.3, 0.4) is 0 Å². The van der Waals surface area contributed by atoms with Gasteiger partial charge < -0.3 is 15.7 Å². The number of aromatic nitrogens is 3. The van der Waals surface area contributed by atoms with E-state index >= 15 is 0 Å². The van der Waals surface area contributed by atoms with Gasteiger partial charge in [0.1, 0.15) is 12.1 Å². The number of hydrogen-bond acceptors (Lipinski definition) is 5. The summed E-state index contributed by atoms with van der Waals surface area (Å²) in [6, 6.07) is 16.9. The number of β-amino-alcohol motifs (C(OH)–C–C–N with tert-alkyl or cyclic N) is 1. The highest BCUT2D eigenvalue weighted by atomic mass is 35.5. The van der Waals surface area contributed by atoms with Gasteiger partial charge in [-0.15, -0.1) is 0 Å². The van der Waals surface area contributed by atoms with Crippen molar-refractivity contribution in [2.75, 3.05) is 16.8 Å². The van der Waals surface area contributed by atoms with Gasteiger partial charge in [0, 0.05) is 44.7 Å². The molecule has 0 aliphatic carbocycles. The number of rotatable bonds is 3. The third-order valence-corrected chi connectivity index (χ3v) is 7.64. The number of anilines is 2. The fraction of sp³-hybridized carbons (Fsp3) is 0.103. The average Bonchev–Trinajstić information content (AvgIpc) is 3.65. The predicted molar refractivity (Wildman–Crippen MR) is 147 cm³/mol. The number of aliphatic hydroxyl groups excluding tert-OH is 1. The second-order valence-electron chi connectivity index (χ2n) is 9.65. The monoisotopic (exact) mass is 554 g/mol. The van der Waals surface area contributed by atoms with Gasteiger partial charge in [-0.3, -0.25) is 9.69 Å². The van der Waals surface area contributed by atoms with E-state index in [2.05, 4.69) is 20.7 Å². The van der Waals surface area contributed by atoms with Crippen molar-refractivity contribution >= 4 is 40.6 Å². The molecule has 198 valence electrons. The minimum absolute atomic E-state index is 0.0758. The van der Waals surface area contributed by atoms with Crippen LogP contribution in [0, 0.1) is 5.82 Å². The molecule has 0 fully saturated rings. The highest BCUT2D eigenvalue weighted by molar-refractivity contribution is 6.31. The molecule has 0 unspecified atom stereocenters. The quantitative estimate of drug-likeness (QED) is 0.287. The fourth-order valence-corrected chi connectivity index (χ4v) is 5.65. The Bertz CT molecular complexity index is 1860. The number of aliphatic hydroxyl groups is 1. The molecule has 2 aliphatic heterocycles. The summed E-state index contributed by atoms with van der Waals surface area (Å²) in [7, 11) is 0. The average molecular weight is 555 g/mol. The lowest BCUT2D eigenvalue weighted by atomic mass is 9.93. The van der Waals surface area contributed by atoms with Gasteiger partial charge in [0.25, 0.3) is 5.91 Å². The molecule has 3 amide bonds. The molecule has 7 rings (SSSR count). The lowest BCUT2D eigenvalue weighted by molar-refractivity contribution is 0.0960. The number of carbonyl (C=O) groups excluding carboxylic acids is 2. The largest absolute Gasteiger partial charge is 0.386 e. The Balaban J connectivity index is 1.37. The number of halogens is 2. The number of urea groups is 1. The molecule has 3 aromatic carbocycles. The minimum atomic E-state index is -0.824. The Labute approximate surface area is 231 Å². The number of pyridine rings is 1. The van der Waals surface area contributed by atoms with Crippen molar-refractivity contribution in [3.8, 4) is 11.1 Å². The number of nitrogens with zero attached hydrogens (tertiary/aromatic N) is 4. The second-order valence-corrected chi connectivity index (χ2v) is 10.1. The van der Waals surface area contributed by atoms with E-state index in [0.717, 1.165) is 5.56 Å². The van der Waals surface area contributed by atoms with Crippen molar-refractivity contribution in [3.63, 3.8) is 0 Å². The Morgan fingerprint density at radius 1 is 1.07 bits per heavy atom. The van der Waals surface area contributed by atoms with Crippen molar-refractivity contribution < 1.29 is 19.1 Å². The number of carbonyl (C=O) groups is 2. The first kappa shape index (κ1) is 24.3. The van der Waals surface area contributed by atoms with Crippen molar-refractivity contribution in [1.29, 1.82) is 0 Å². The van der Waals surface area contributed by atoms with E-state index < -0.39 is 24.0 Å². The topological polar surface area (TPSA) is 112 Å². The molecule has 4 heterocycles. The summed E-state index contributed by atoms with van der Waals surface area (Å²) < 4.78 is 15.9. The van der Waals surface area contributed by atoms with Crippen LogP contribution in [-0.2, 0) is 0 Å². The zero-order valence-corrected chi connectivity index (χ0v) is 21.4. The minimum Gasteiger partial charge on any atom is -0.386 e. The van der Waals surface area contributed by atoms with Gasteiger partial charge in [-0.2, -0.15) is 5.10 Å². The number of amides is 3. The summed E-state index contributed by atoms with van der Waals surface area (Å²) in [6.45, 7) is 0.0758. The maximum atomic E-state index is 14.3. The smallest absolute Gasteiger partial charge is 0.326 e. The number of nitrogens with one attached hydrogen (secondary N) is 2. The molecular weight excluding hydrogens is 535 g/mol. The Morgan fingerprint density at radius 3 is 2.80 bits per heavy atom. The number of para-hydroxylation sites is 1. The van der Waals surface area contributed by atoms with E-state index in [1.54, 1.807) is 53.2 Å². The fourth-order valence-electron chi connectivity index (χ4n) is 5.42. The first-order valence-electron chi connectivity index (χ1n) is 12.5. The summed E-state index contributed by atoms with van der Waals surface area (Å²) in [4.78, 5) is 32.5. The van der Waals surface area contributed by atoms with Crippen molar-refractivity contribution in [2.24, 2.45) is 0 Å². The molecule has 0 bridgehead atoms. The summed E-state index contributed by atoms with van der Waals surface area (Å²) in [5.41, 5.74) is 4.77. The summed E-state index contributed by atoms with van der Waals surface area (Å²) in [6.07, 6.45) is 2.39.